The van der Waals surface area contributed by atoms with Gasteiger partial charge < -0.3 is 10.2 Å². The highest BCUT2D eigenvalue weighted by molar-refractivity contribution is 7.92. The van der Waals surface area contributed by atoms with E-state index in [1.807, 2.05) is 31.2 Å². The summed E-state index contributed by atoms with van der Waals surface area (Å²) in [5.41, 5.74) is 2.86. The van der Waals surface area contributed by atoms with Gasteiger partial charge in [-0.05, 0) is 51.0 Å². The molecule has 0 heterocycles. The molecule has 0 aromatic heterocycles. The maximum absolute atomic E-state index is 13.4. The van der Waals surface area contributed by atoms with Gasteiger partial charge in [-0.25, -0.2) is 8.42 Å². The number of benzene rings is 2. The average molecular weight is 480 g/mol. The number of carbonyl (C=O) groups excluding carboxylic acids is 2. The molecule has 2 amide bonds. The molecule has 1 atom stereocenters. The Balaban J connectivity index is 2.43. The molecule has 0 aliphatic rings. The van der Waals surface area contributed by atoms with Gasteiger partial charge in [-0.3, -0.25) is 13.9 Å². The zero-order chi connectivity index (χ0) is 24.1. The van der Waals surface area contributed by atoms with Crippen molar-refractivity contribution in [1.82, 2.24) is 10.2 Å². The molecule has 2 rings (SSSR count). The number of likely N-dealkylation sites (N-methyl/N-ethyl adjacent to an activating group) is 1. The molecule has 32 heavy (non-hydrogen) atoms. The summed E-state index contributed by atoms with van der Waals surface area (Å²) in [5.74, 6) is -0.798. The minimum atomic E-state index is -3.79. The molecule has 1 N–H and O–H groups in total. The fraction of sp³-hybridized carbons (Fsp3) is 0.391. The van der Waals surface area contributed by atoms with Gasteiger partial charge in [0.2, 0.25) is 21.8 Å². The molecule has 174 valence electrons. The fourth-order valence-corrected chi connectivity index (χ4v) is 4.42. The number of halogens is 1. The first-order valence-electron chi connectivity index (χ1n) is 10.3. The van der Waals surface area contributed by atoms with Crippen LogP contribution in [0.5, 0.6) is 0 Å². The molecule has 0 saturated carbocycles. The lowest BCUT2D eigenvalue weighted by Crippen LogP contribution is -2.51. The molecule has 0 bridgehead atoms. The van der Waals surface area contributed by atoms with Crippen molar-refractivity contribution in [1.29, 1.82) is 0 Å². The molecule has 2 aromatic carbocycles. The van der Waals surface area contributed by atoms with Gasteiger partial charge in [0.15, 0.2) is 0 Å². The summed E-state index contributed by atoms with van der Waals surface area (Å²) < 4.78 is 26.2. The highest BCUT2D eigenvalue weighted by atomic mass is 35.5. The third-order valence-corrected chi connectivity index (χ3v) is 6.43. The Morgan fingerprint density at radius 1 is 1.12 bits per heavy atom. The van der Waals surface area contributed by atoms with Gasteiger partial charge in [0, 0.05) is 18.1 Å². The summed E-state index contributed by atoms with van der Waals surface area (Å²) in [6.45, 7) is 7.26. The van der Waals surface area contributed by atoms with E-state index in [-0.39, 0.29) is 12.5 Å². The molecule has 0 radical (unpaired) electrons. The Morgan fingerprint density at radius 3 is 2.41 bits per heavy atom. The lowest BCUT2D eigenvalue weighted by molar-refractivity contribution is -0.139. The van der Waals surface area contributed by atoms with Crippen molar-refractivity contribution in [2.75, 3.05) is 23.7 Å². The third kappa shape index (κ3) is 6.71. The van der Waals surface area contributed by atoms with Crippen LogP contribution in [0.2, 0.25) is 5.02 Å². The van der Waals surface area contributed by atoms with Crippen LogP contribution in [0.3, 0.4) is 0 Å². The molecule has 0 spiro atoms. The van der Waals surface area contributed by atoms with E-state index >= 15 is 0 Å². The standard InChI is InChI=1S/C23H30ClN3O4S/c1-6-25-23(29)18(4)26(14-19-9-7-8-16(2)12-19)22(28)15-27(32(5,30)31)21-13-20(24)11-10-17(21)3/h7-13,18H,6,14-15H2,1-5H3,(H,25,29)/t18-/m0/s1. The van der Waals surface area contributed by atoms with Crippen LogP contribution in [0, 0.1) is 13.8 Å². The summed E-state index contributed by atoms with van der Waals surface area (Å²) in [6, 6.07) is 11.7. The molecule has 0 aliphatic heterocycles. The largest absolute Gasteiger partial charge is 0.355 e. The second-order valence-electron chi connectivity index (χ2n) is 7.78. The fourth-order valence-electron chi connectivity index (χ4n) is 3.36. The molecular weight excluding hydrogens is 450 g/mol. The Labute approximate surface area is 195 Å². The number of nitrogens with one attached hydrogen (secondary N) is 1. The molecule has 2 aromatic rings. The highest BCUT2D eigenvalue weighted by Crippen LogP contribution is 2.26. The predicted octanol–water partition coefficient (Wildman–Crippen LogP) is 3.28. The van der Waals surface area contributed by atoms with E-state index in [1.165, 1.54) is 11.0 Å². The van der Waals surface area contributed by atoms with Gasteiger partial charge in [-0.2, -0.15) is 0 Å². The van der Waals surface area contributed by atoms with Gasteiger partial charge in [0.25, 0.3) is 0 Å². The van der Waals surface area contributed by atoms with Gasteiger partial charge in [-0.15, -0.1) is 0 Å². The number of sulfonamides is 1. The van der Waals surface area contributed by atoms with E-state index in [4.69, 9.17) is 11.6 Å². The number of carbonyl (C=O) groups is 2. The average Bonchev–Trinajstić information content (AvgIpc) is 2.71. The topological polar surface area (TPSA) is 86.8 Å². The van der Waals surface area contributed by atoms with Gasteiger partial charge >= 0.3 is 0 Å². The Kier molecular flexibility index (Phi) is 8.69. The molecule has 0 saturated heterocycles. The number of hydrogen-bond acceptors (Lipinski definition) is 4. The predicted molar refractivity (Wildman–Crippen MR) is 128 cm³/mol. The molecule has 0 unspecified atom stereocenters. The summed E-state index contributed by atoms with van der Waals surface area (Å²) in [5, 5.41) is 3.09. The zero-order valence-electron chi connectivity index (χ0n) is 19.1. The van der Waals surface area contributed by atoms with Crippen LogP contribution in [0.4, 0.5) is 5.69 Å². The summed E-state index contributed by atoms with van der Waals surface area (Å²) in [4.78, 5) is 27.4. The van der Waals surface area contributed by atoms with E-state index < -0.39 is 28.5 Å². The first-order chi connectivity index (χ1) is 14.9. The van der Waals surface area contributed by atoms with Crippen molar-refractivity contribution in [2.45, 2.75) is 40.3 Å². The minimum absolute atomic E-state index is 0.172. The Hall–Kier alpha value is -2.58. The van der Waals surface area contributed by atoms with Crippen LogP contribution in [0.1, 0.15) is 30.5 Å². The van der Waals surface area contributed by atoms with Crippen LogP contribution in [-0.2, 0) is 26.2 Å². The molecule has 9 heteroatoms. The van der Waals surface area contributed by atoms with Crippen molar-refractivity contribution in [2.24, 2.45) is 0 Å². The number of nitrogens with zero attached hydrogens (tertiary/aromatic N) is 2. The van der Waals surface area contributed by atoms with E-state index in [1.54, 1.807) is 32.9 Å². The van der Waals surface area contributed by atoms with E-state index in [0.29, 0.717) is 22.8 Å². The van der Waals surface area contributed by atoms with Crippen LogP contribution in [0.15, 0.2) is 42.5 Å². The second-order valence-corrected chi connectivity index (χ2v) is 10.1. The number of aryl methyl sites for hydroxylation is 2. The molecule has 0 fully saturated rings. The minimum Gasteiger partial charge on any atom is -0.355 e. The first kappa shape index (κ1) is 25.7. The quantitative estimate of drug-likeness (QED) is 0.598. The van der Waals surface area contributed by atoms with Crippen molar-refractivity contribution in [3.05, 3.63) is 64.2 Å². The van der Waals surface area contributed by atoms with Crippen molar-refractivity contribution in [3.8, 4) is 0 Å². The SMILES string of the molecule is CCNC(=O)[C@H](C)N(Cc1cccc(C)c1)C(=O)CN(c1cc(Cl)ccc1C)S(C)(=O)=O. The van der Waals surface area contributed by atoms with E-state index in [0.717, 1.165) is 21.7 Å². The zero-order valence-corrected chi connectivity index (χ0v) is 20.6. The van der Waals surface area contributed by atoms with E-state index in [2.05, 4.69) is 5.32 Å². The number of anilines is 1. The molecular formula is C23H30ClN3O4S. The molecule has 7 nitrogen and oxygen atoms in total. The van der Waals surface area contributed by atoms with Gasteiger partial charge in [0.1, 0.15) is 12.6 Å². The summed E-state index contributed by atoms with van der Waals surface area (Å²) in [6.07, 6.45) is 1.04. The van der Waals surface area contributed by atoms with Crippen LogP contribution >= 0.6 is 11.6 Å². The number of hydrogen-bond donors (Lipinski definition) is 1. The smallest absolute Gasteiger partial charge is 0.244 e. The third-order valence-electron chi connectivity index (χ3n) is 5.07. The lowest BCUT2D eigenvalue weighted by atomic mass is 10.1. The summed E-state index contributed by atoms with van der Waals surface area (Å²) >= 11 is 6.09. The summed E-state index contributed by atoms with van der Waals surface area (Å²) in [7, 11) is -3.79. The lowest BCUT2D eigenvalue weighted by Gasteiger charge is -2.32. The number of amides is 2. The van der Waals surface area contributed by atoms with Gasteiger partial charge in [-0.1, -0.05) is 47.5 Å². The van der Waals surface area contributed by atoms with Crippen molar-refractivity contribution >= 4 is 39.1 Å². The first-order valence-corrected chi connectivity index (χ1v) is 12.5. The number of rotatable bonds is 9. The Bertz CT molecular complexity index is 1090. The van der Waals surface area contributed by atoms with Crippen LogP contribution in [-0.4, -0.2) is 50.5 Å². The molecule has 0 aliphatic carbocycles. The van der Waals surface area contributed by atoms with Crippen LogP contribution in [0.25, 0.3) is 0 Å². The maximum atomic E-state index is 13.4. The van der Waals surface area contributed by atoms with Crippen LogP contribution < -0.4 is 9.62 Å². The normalized spacial score (nSPS) is 12.2. The van der Waals surface area contributed by atoms with Crippen molar-refractivity contribution < 1.29 is 18.0 Å². The van der Waals surface area contributed by atoms with E-state index in [9.17, 15) is 18.0 Å². The van der Waals surface area contributed by atoms with Crippen molar-refractivity contribution in [3.63, 3.8) is 0 Å². The monoisotopic (exact) mass is 479 g/mol. The second kappa shape index (κ2) is 10.8. The maximum Gasteiger partial charge on any atom is 0.244 e. The highest BCUT2D eigenvalue weighted by Gasteiger charge is 2.30. The van der Waals surface area contributed by atoms with Gasteiger partial charge in [0.05, 0.1) is 11.9 Å². The Morgan fingerprint density at radius 2 is 1.81 bits per heavy atom.